The van der Waals surface area contributed by atoms with E-state index in [1.54, 1.807) is 0 Å². The summed E-state index contributed by atoms with van der Waals surface area (Å²) < 4.78 is 2.10. The van der Waals surface area contributed by atoms with Crippen molar-refractivity contribution in [2.45, 2.75) is 6.54 Å². The van der Waals surface area contributed by atoms with E-state index >= 15 is 0 Å². The van der Waals surface area contributed by atoms with Crippen molar-refractivity contribution in [3.05, 3.63) is 64.3 Å². The number of hydrogen-bond donors (Lipinski definition) is 1. The SMILES string of the molecule is Nc1ccc2ccn(Cc3c(Cl)cccc3Cl)c2c1. The van der Waals surface area contributed by atoms with Gasteiger partial charge in [0.2, 0.25) is 0 Å². The molecule has 19 heavy (non-hydrogen) atoms. The van der Waals surface area contributed by atoms with Crippen molar-refractivity contribution in [2.75, 3.05) is 5.73 Å². The number of rotatable bonds is 2. The Labute approximate surface area is 121 Å². The molecule has 3 aromatic rings. The van der Waals surface area contributed by atoms with E-state index in [-0.39, 0.29) is 0 Å². The minimum absolute atomic E-state index is 0.630. The monoisotopic (exact) mass is 290 g/mol. The van der Waals surface area contributed by atoms with Gasteiger partial charge in [-0.25, -0.2) is 0 Å². The normalized spacial score (nSPS) is 11.1. The number of fused-ring (bicyclic) bond motifs is 1. The number of anilines is 1. The number of nitrogens with two attached hydrogens (primary N) is 1. The van der Waals surface area contributed by atoms with E-state index in [1.165, 1.54) is 0 Å². The quantitative estimate of drug-likeness (QED) is 0.688. The largest absolute Gasteiger partial charge is 0.399 e. The first-order valence-corrected chi connectivity index (χ1v) is 6.68. The van der Waals surface area contributed by atoms with Gasteiger partial charge in [-0.3, -0.25) is 0 Å². The first-order chi connectivity index (χ1) is 9.15. The summed E-state index contributed by atoms with van der Waals surface area (Å²) in [6.07, 6.45) is 2.02. The molecule has 2 nitrogen and oxygen atoms in total. The van der Waals surface area contributed by atoms with Gasteiger partial charge in [0.05, 0.1) is 12.1 Å². The number of nitrogens with zero attached hydrogens (tertiary/aromatic N) is 1. The Morgan fingerprint density at radius 3 is 2.47 bits per heavy atom. The van der Waals surface area contributed by atoms with E-state index in [0.717, 1.165) is 22.2 Å². The third-order valence-electron chi connectivity index (χ3n) is 3.19. The van der Waals surface area contributed by atoms with Crippen LogP contribution in [0.1, 0.15) is 5.56 Å². The van der Waals surface area contributed by atoms with E-state index in [1.807, 2.05) is 42.6 Å². The average Bonchev–Trinajstić information content (AvgIpc) is 2.76. The summed E-state index contributed by atoms with van der Waals surface area (Å²) in [5.41, 5.74) is 8.59. The van der Waals surface area contributed by atoms with Gasteiger partial charge in [-0.05, 0) is 35.7 Å². The summed E-state index contributed by atoms with van der Waals surface area (Å²) in [5.74, 6) is 0. The third kappa shape index (κ3) is 2.29. The van der Waals surface area contributed by atoms with E-state index in [4.69, 9.17) is 28.9 Å². The maximum absolute atomic E-state index is 6.21. The molecule has 0 aliphatic carbocycles. The van der Waals surface area contributed by atoms with Crippen LogP contribution >= 0.6 is 23.2 Å². The maximum atomic E-state index is 6.21. The number of hydrogen-bond acceptors (Lipinski definition) is 1. The van der Waals surface area contributed by atoms with E-state index in [0.29, 0.717) is 16.6 Å². The molecule has 0 amide bonds. The topological polar surface area (TPSA) is 30.9 Å². The highest BCUT2D eigenvalue weighted by Gasteiger charge is 2.08. The fourth-order valence-electron chi connectivity index (χ4n) is 2.19. The summed E-state index contributed by atoms with van der Waals surface area (Å²) in [5, 5.41) is 2.51. The first kappa shape index (κ1) is 12.4. The van der Waals surface area contributed by atoms with Crippen molar-refractivity contribution in [3.8, 4) is 0 Å². The van der Waals surface area contributed by atoms with Crippen LogP contribution in [0.3, 0.4) is 0 Å². The lowest BCUT2D eigenvalue weighted by Gasteiger charge is -2.09. The van der Waals surface area contributed by atoms with E-state index in [9.17, 15) is 0 Å². The molecule has 1 heterocycles. The molecular formula is C15H12Cl2N2. The molecule has 0 fully saturated rings. The highest BCUT2D eigenvalue weighted by Crippen LogP contribution is 2.27. The number of nitrogen functional groups attached to an aromatic ring is 1. The van der Waals surface area contributed by atoms with Crippen LogP contribution < -0.4 is 5.73 Å². The Morgan fingerprint density at radius 2 is 1.74 bits per heavy atom. The molecule has 0 saturated carbocycles. The predicted octanol–water partition coefficient (Wildman–Crippen LogP) is 4.58. The third-order valence-corrected chi connectivity index (χ3v) is 3.90. The van der Waals surface area contributed by atoms with Gasteiger partial charge in [-0.2, -0.15) is 0 Å². The summed E-state index contributed by atoms with van der Waals surface area (Å²) in [7, 11) is 0. The van der Waals surface area contributed by atoms with Gasteiger partial charge in [-0.15, -0.1) is 0 Å². The molecule has 0 aliphatic rings. The molecular weight excluding hydrogens is 279 g/mol. The highest BCUT2D eigenvalue weighted by atomic mass is 35.5. The van der Waals surface area contributed by atoms with Gasteiger partial charge in [0.1, 0.15) is 0 Å². The molecule has 0 atom stereocenters. The standard InChI is InChI=1S/C15H12Cl2N2/c16-13-2-1-3-14(17)12(13)9-19-7-6-10-4-5-11(18)8-15(10)19/h1-8H,9,18H2. The molecule has 0 bridgehead atoms. The lowest BCUT2D eigenvalue weighted by Crippen LogP contribution is -2.00. The number of halogens is 2. The van der Waals surface area contributed by atoms with Crippen LogP contribution in [-0.4, -0.2) is 4.57 Å². The van der Waals surface area contributed by atoms with Gasteiger partial charge in [-0.1, -0.05) is 35.3 Å². The minimum atomic E-state index is 0.630. The van der Waals surface area contributed by atoms with Crippen molar-refractivity contribution in [3.63, 3.8) is 0 Å². The smallest absolute Gasteiger partial charge is 0.0505 e. The fourth-order valence-corrected chi connectivity index (χ4v) is 2.71. The second-order valence-corrected chi connectivity index (χ2v) is 5.28. The molecule has 1 aromatic heterocycles. The molecule has 4 heteroatoms. The molecule has 2 aromatic carbocycles. The Morgan fingerprint density at radius 1 is 1.00 bits per heavy atom. The molecule has 0 radical (unpaired) electrons. The van der Waals surface area contributed by atoms with Crippen LogP contribution in [0.4, 0.5) is 5.69 Å². The molecule has 96 valence electrons. The first-order valence-electron chi connectivity index (χ1n) is 5.92. The van der Waals surface area contributed by atoms with Gasteiger partial charge >= 0.3 is 0 Å². The highest BCUT2D eigenvalue weighted by molar-refractivity contribution is 6.36. The fraction of sp³-hybridized carbons (Fsp3) is 0.0667. The van der Waals surface area contributed by atoms with Crippen LogP contribution in [-0.2, 0) is 6.54 Å². The lowest BCUT2D eigenvalue weighted by molar-refractivity contribution is 0.837. The van der Waals surface area contributed by atoms with Crippen molar-refractivity contribution >= 4 is 39.8 Å². The Bertz CT molecular complexity index is 727. The van der Waals surface area contributed by atoms with Crippen LogP contribution in [0.5, 0.6) is 0 Å². The zero-order valence-electron chi connectivity index (χ0n) is 10.1. The molecule has 0 spiro atoms. The number of benzene rings is 2. The molecule has 0 aliphatic heterocycles. The van der Waals surface area contributed by atoms with Crippen LogP contribution in [0.2, 0.25) is 10.0 Å². The summed E-state index contributed by atoms with van der Waals surface area (Å²) >= 11 is 12.4. The van der Waals surface area contributed by atoms with Crippen LogP contribution in [0.25, 0.3) is 10.9 Å². The van der Waals surface area contributed by atoms with Gasteiger partial charge < -0.3 is 10.3 Å². The Kier molecular flexibility index (Phi) is 3.13. The summed E-state index contributed by atoms with van der Waals surface area (Å²) in [6.45, 7) is 0.630. The zero-order valence-corrected chi connectivity index (χ0v) is 11.6. The van der Waals surface area contributed by atoms with Crippen molar-refractivity contribution < 1.29 is 0 Å². The van der Waals surface area contributed by atoms with E-state index < -0.39 is 0 Å². The van der Waals surface area contributed by atoms with Gasteiger partial charge in [0.15, 0.2) is 0 Å². The molecule has 0 unspecified atom stereocenters. The second kappa shape index (κ2) is 4.80. The summed E-state index contributed by atoms with van der Waals surface area (Å²) in [4.78, 5) is 0. The van der Waals surface area contributed by atoms with Crippen molar-refractivity contribution in [2.24, 2.45) is 0 Å². The Hall–Kier alpha value is -1.64. The van der Waals surface area contributed by atoms with E-state index in [2.05, 4.69) is 10.6 Å². The zero-order chi connectivity index (χ0) is 13.4. The van der Waals surface area contributed by atoms with Gasteiger partial charge in [0, 0.05) is 27.5 Å². The summed E-state index contributed by atoms with van der Waals surface area (Å²) in [6, 6.07) is 13.5. The molecule has 0 saturated heterocycles. The predicted molar refractivity (Wildman–Crippen MR) is 81.9 cm³/mol. The van der Waals surface area contributed by atoms with Crippen molar-refractivity contribution in [1.82, 2.24) is 4.57 Å². The van der Waals surface area contributed by atoms with Crippen LogP contribution in [0, 0.1) is 0 Å². The number of aromatic nitrogens is 1. The van der Waals surface area contributed by atoms with Crippen molar-refractivity contribution in [1.29, 1.82) is 0 Å². The Balaban J connectivity index is 2.08. The maximum Gasteiger partial charge on any atom is 0.0505 e. The molecule has 3 rings (SSSR count). The van der Waals surface area contributed by atoms with Gasteiger partial charge in [0.25, 0.3) is 0 Å². The molecule has 2 N–H and O–H groups in total. The van der Waals surface area contributed by atoms with Crippen LogP contribution in [0.15, 0.2) is 48.7 Å². The second-order valence-electron chi connectivity index (χ2n) is 4.46. The average molecular weight is 291 g/mol. The lowest BCUT2D eigenvalue weighted by atomic mass is 10.2. The minimum Gasteiger partial charge on any atom is -0.399 e.